The number of anilines is 2. The number of nitro benzene ring substituents is 1. The molecule has 1 unspecified atom stereocenters. The number of aromatic nitrogens is 1. The zero-order chi connectivity index (χ0) is 26.5. The topological polar surface area (TPSA) is 114 Å². The quantitative estimate of drug-likeness (QED) is 0.148. The van der Waals surface area contributed by atoms with Gasteiger partial charge in [-0.3, -0.25) is 19.7 Å². The Morgan fingerprint density at radius 1 is 1.00 bits per heavy atom. The molecule has 0 spiro atoms. The van der Waals surface area contributed by atoms with Crippen LogP contribution in [0.25, 0.3) is 11.3 Å². The van der Waals surface area contributed by atoms with Gasteiger partial charge >= 0.3 is 0 Å². The molecule has 2 amide bonds. The van der Waals surface area contributed by atoms with Crippen molar-refractivity contribution >= 4 is 51.4 Å². The minimum Gasteiger partial charge on any atom is -0.322 e. The molecule has 0 saturated carbocycles. The van der Waals surface area contributed by atoms with E-state index in [-0.39, 0.29) is 17.5 Å². The van der Waals surface area contributed by atoms with Crippen molar-refractivity contribution < 1.29 is 14.5 Å². The van der Waals surface area contributed by atoms with Gasteiger partial charge in [0.1, 0.15) is 0 Å². The fraction of sp³-hybridized carbons (Fsp3) is 0.148. The Bertz CT molecular complexity index is 1450. The second-order valence-corrected chi connectivity index (χ2v) is 10.9. The van der Waals surface area contributed by atoms with Crippen molar-refractivity contribution in [3.8, 4) is 11.3 Å². The highest BCUT2D eigenvalue weighted by atomic mass is 32.2. The van der Waals surface area contributed by atoms with Crippen LogP contribution < -0.4 is 10.6 Å². The number of hydrogen-bond donors (Lipinski definition) is 2. The first-order chi connectivity index (χ1) is 17.7. The van der Waals surface area contributed by atoms with E-state index in [2.05, 4.69) is 15.6 Å². The standard InChI is InChI=1S/C27H24N4O4S2/c1-16-7-9-19(10-8-16)24-17(2)37-27(29-24)30-25(32)18(3)36-23-6-4-5-21(15-23)28-26(33)20-11-13-22(14-12-20)31(34)35/h4-15,18H,1-3H3,(H,28,33)(H,29,30,32). The number of rotatable bonds is 8. The summed E-state index contributed by atoms with van der Waals surface area (Å²) in [6.45, 7) is 5.83. The van der Waals surface area contributed by atoms with E-state index >= 15 is 0 Å². The van der Waals surface area contributed by atoms with Crippen LogP contribution in [0.3, 0.4) is 0 Å². The fourth-order valence-corrected chi connectivity index (χ4v) is 5.24. The summed E-state index contributed by atoms with van der Waals surface area (Å²) in [4.78, 5) is 42.1. The van der Waals surface area contributed by atoms with E-state index in [1.165, 1.54) is 52.9 Å². The average molecular weight is 533 g/mol. The van der Waals surface area contributed by atoms with Gasteiger partial charge in [-0.15, -0.1) is 23.1 Å². The second kappa shape index (κ2) is 11.4. The van der Waals surface area contributed by atoms with Crippen molar-refractivity contribution in [1.82, 2.24) is 4.98 Å². The highest BCUT2D eigenvalue weighted by Gasteiger charge is 2.18. The van der Waals surface area contributed by atoms with Crippen molar-refractivity contribution in [3.63, 3.8) is 0 Å². The molecule has 2 N–H and O–H groups in total. The van der Waals surface area contributed by atoms with E-state index in [0.717, 1.165) is 21.0 Å². The van der Waals surface area contributed by atoms with Crippen molar-refractivity contribution in [3.05, 3.63) is 98.9 Å². The fourth-order valence-electron chi connectivity index (χ4n) is 3.48. The highest BCUT2D eigenvalue weighted by molar-refractivity contribution is 8.00. The molecule has 0 aliphatic carbocycles. The lowest BCUT2D eigenvalue weighted by Gasteiger charge is -2.12. The lowest BCUT2D eigenvalue weighted by atomic mass is 10.1. The molecule has 8 nitrogen and oxygen atoms in total. The molecule has 0 aliphatic rings. The van der Waals surface area contributed by atoms with Crippen LogP contribution in [0.15, 0.2) is 77.7 Å². The van der Waals surface area contributed by atoms with Crippen molar-refractivity contribution in [2.24, 2.45) is 0 Å². The van der Waals surface area contributed by atoms with Gasteiger partial charge in [-0.05, 0) is 51.1 Å². The molecule has 0 bridgehead atoms. The largest absolute Gasteiger partial charge is 0.322 e. The van der Waals surface area contributed by atoms with E-state index in [1.54, 1.807) is 18.2 Å². The van der Waals surface area contributed by atoms with E-state index in [4.69, 9.17) is 0 Å². The maximum Gasteiger partial charge on any atom is 0.269 e. The Kier molecular flexibility index (Phi) is 8.00. The first kappa shape index (κ1) is 26.1. The molecule has 0 aliphatic heterocycles. The third-order valence-corrected chi connectivity index (χ3v) is 7.45. The molecule has 10 heteroatoms. The first-order valence-corrected chi connectivity index (χ1v) is 13.1. The smallest absolute Gasteiger partial charge is 0.269 e. The van der Waals surface area contributed by atoms with Crippen LogP contribution in [0.1, 0.15) is 27.7 Å². The van der Waals surface area contributed by atoms with Crippen LogP contribution in [0.2, 0.25) is 0 Å². The van der Waals surface area contributed by atoms with Gasteiger partial charge in [0.25, 0.3) is 11.6 Å². The summed E-state index contributed by atoms with van der Waals surface area (Å²) in [5.74, 6) is -0.555. The molecule has 188 valence electrons. The number of nitrogens with one attached hydrogen (secondary N) is 2. The lowest BCUT2D eigenvalue weighted by molar-refractivity contribution is -0.384. The van der Waals surface area contributed by atoms with Crippen molar-refractivity contribution in [2.45, 2.75) is 30.9 Å². The summed E-state index contributed by atoms with van der Waals surface area (Å²) in [6.07, 6.45) is 0. The van der Waals surface area contributed by atoms with E-state index in [0.29, 0.717) is 16.4 Å². The van der Waals surface area contributed by atoms with Gasteiger partial charge in [0, 0.05) is 38.7 Å². The average Bonchev–Trinajstić information content (AvgIpc) is 3.24. The van der Waals surface area contributed by atoms with Gasteiger partial charge in [0.15, 0.2) is 5.13 Å². The number of thiazole rings is 1. The maximum atomic E-state index is 12.9. The second-order valence-electron chi connectivity index (χ2n) is 8.33. The van der Waals surface area contributed by atoms with E-state index in [9.17, 15) is 19.7 Å². The summed E-state index contributed by atoms with van der Waals surface area (Å²) >= 11 is 2.80. The zero-order valence-corrected chi connectivity index (χ0v) is 22.0. The molecule has 1 heterocycles. The number of thioether (sulfide) groups is 1. The Balaban J connectivity index is 1.37. The summed E-state index contributed by atoms with van der Waals surface area (Å²) in [7, 11) is 0. The van der Waals surface area contributed by atoms with Gasteiger partial charge in [-0.25, -0.2) is 4.98 Å². The Morgan fingerprint density at radius 3 is 2.38 bits per heavy atom. The van der Waals surface area contributed by atoms with Crippen LogP contribution in [0.4, 0.5) is 16.5 Å². The summed E-state index contributed by atoms with van der Waals surface area (Å²) < 4.78 is 0. The summed E-state index contributed by atoms with van der Waals surface area (Å²) in [6, 6.07) is 20.7. The number of nitrogens with zero attached hydrogens (tertiary/aromatic N) is 2. The zero-order valence-electron chi connectivity index (χ0n) is 20.3. The van der Waals surface area contributed by atoms with Crippen LogP contribution in [-0.2, 0) is 4.79 Å². The molecule has 0 fully saturated rings. The van der Waals surface area contributed by atoms with Crippen molar-refractivity contribution in [2.75, 3.05) is 10.6 Å². The minimum atomic E-state index is -0.516. The summed E-state index contributed by atoms with van der Waals surface area (Å²) in [5, 5.41) is 16.6. The molecular weight excluding hydrogens is 508 g/mol. The van der Waals surface area contributed by atoms with E-state index in [1.807, 2.05) is 51.1 Å². The maximum absolute atomic E-state index is 12.9. The predicted molar refractivity (Wildman–Crippen MR) is 148 cm³/mol. The molecule has 4 aromatic rings. The van der Waals surface area contributed by atoms with Gasteiger partial charge in [0.05, 0.1) is 15.9 Å². The summed E-state index contributed by atoms with van der Waals surface area (Å²) in [5.41, 5.74) is 3.82. The van der Waals surface area contributed by atoms with Gasteiger partial charge in [0.2, 0.25) is 5.91 Å². The number of non-ortho nitro benzene ring substituents is 1. The number of nitro groups is 1. The number of amides is 2. The third kappa shape index (κ3) is 6.60. The van der Waals surface area contributed by atoms with Crippen LogP contribution in [-0.4, -0.2) is 27.0 Å². The number of aryl methyl sites for hydroxylation is 2. The van der Waals surface area contributed by atoms with Gasteiger partial charge in [-0.2, -0.15) is 0 Å². The third-order valence-electron chi connectivity index (χ3n) is 5.47. The first-order valence-electron chi connectivity index (χ1n) is 11.4. The molecule has 4 rings (SSSR count). The Morgan fingerprint density at radius 2 is 1.70 bits per heavy atom. The van der Waals surface area contributed by atoms with Crippen LogP contribution >= 0.6 is 23.1 Å². The molecule has 3 aromatic carbocycles. The number of benzene rings is 3. The van der Waals surface area contributed by atoms with E-state index < -0.39 is 10.2 Å². The molecular formula is C27H24N4O4S2. The normalized spacial score (nSPS) is 11.5. The van der Waals surface area contributed by atoms with Crippen LogP contribution in [0, 0.1) is 24.0 Å². The van der Waals surface area contributed by atoms with Crippen LogP contribution in [0.5, 0.6) is 0 Å². The molecule has 1 atom stereocenters. The number of carbonyl (C=O) groups is 2. The molecule has 0 radical (unpaired) electrons. The van der Waals surface area contributed by atoms with Crippen molar-refractivity contribution in [1.29, 1.82) is 0 Å². The van der Waals surface area contributed by atoms with Gasteiger partial charge in [-0.1, -0.05) is 35.9 Å². The Labute approximate surface area is 222 Å². The number of carbonyl (C=O) groups excluding carboxylic acids is 2. The van der Waals surface area contributed by atoms with Gasteiger partial charge < -0.3 is 10.6 Å². The Hall–Kier alpha value is -4.02. The minimum absolute atomic E-state index is 0.0820. The highest BCUT2D eigenvalue weighted by Crippen LogP contribution is 2.32. The number of hydrogen-bond acceptors (Lipinski definition) is 7. The lowest BCUT2D eigenvalue weighted by Crippen LogP contribution is -2.22. The predicted octanol–water partition coefficient (Wildman–Crippen LogP) is 6.71. The molecule has 1 aromatic heterocycles. The SMILES string of the molecule is Cc1ccc(-c2nc(NC(=O)C(C)Sc3cccc(NC(=O)c4ccc([N+](=O)[O-])cc4)c3)sc2C)cc1. The monoisotopic (exact) mass is 532 g/mol. The molecule has 0 saturated heterocycles. The molecule has 37 heavy (non-hydrogen) atoms.